The van der Waals surface area contributed by atoms with Gasteiger partial charge in [-0.25, -0.2) is 0 Å². The molecule has 0 bridgehead atoms. The van der Waals surface area contributed by atoms with Crippen LogP contribution < -0.4 is 14.8 Å². The molecule has 2 rings (SSSR count). The standard InChI is InChI=1S/C17H16N2O5/c1-23-15-8-6-12(16(11-15)24-2)7-9-17(20)18-13-4-3-5-14(10-13)19(21)22/h3-11H,1-2H3,(H,18,20)/b9-7+. The van der Waals surface area contributed by atoms with Crippen LogP contribution in [0.3, 0.4) is 0 Å². The number of nitrogens with zero attached hydrogens (tertiary/aromatic N) is 1. The molecule has 0 fully saturated rings. The van der Waals surface area contributed by atoms with Gasteiger partial charge in [-0.3, -0.25) is 14.9 Å². The predicted octanol–water partition coefficient (Wildman–Crippen LogP) is 3.26. The predicted molar refractivity (Wildman–Crippen MR) is 90.3 cm³/mol. The van der Waals surface area contributed by atoms with Crippen molar-refractivity contribution < 1.29 is 19.2 Å². The highest BCUT2D eigenvalue weighted by Crippen LogP contribution is 2.25. The van der Waals surface area contributed by atoms with Gasteiger partial charge in [0.25, 0.3) is 5.69 Å². The fraction of sp³-hybridized carbons (Fsp3) is 0.118. The van der Waals surface area contributed by atoms with Crippen LogP contribution in [0.25, 0.3) is 6.08 Å². The third kappa shape index (κ3) is 4.33. The van der Waals surface area contributed by atoms with E-state index in [0.717, 1.165) is 0 Å². The zero-order valence-corrected chi connectivity index (χ0v) is 13.2. The molecule has 7 heteroatoms. The molecular formula is C17H16N2O5. The van der Waals surface area contributed by atoms with Gasteiger partial charge in [-0.05, 0) is 24.3 Å². The lowest BCUT2D eigenvalue weighted by atomic mass is 10.1. The van der Waals surface area contributed by atoms with E-state index < -0.39 is 10.8 Å². The van der Waals surface area contributed by atoms with Gasteiger partial charge in [0.05, 0.1) is 19.1 Å². The molecule has 0 aromatic heterocycles. The molecule has 124 valence electrons. The molecule has 2 aromatic rings. The smallest absolute Gasteiger partial charge is 0.271 e. The molecule has 0 aliphatic heterocycles. The fourth-order valence-corrected chi connectivity index (χ4v) is 2.00. The molecule has 0 radical (unpaired) electrons. The van der Waals surface area contributed by atoms with Gasteiger partial charge >= 0.3 is 0 Å². The average Bonchev–Trinajstić information content (AvgIpc) is 2.60. The maximum atomic E-state index is 12.0. The molecule has 0 aliphatic rings. The van der Waals surface area contributed by atoms with E-state index in [0.29, 0.717) is 22.7 Å². The Morgan fingerprint density at radius 3 is 2.62 bits per heavy atom. The Bertz CT molecular complexity index is 786. The molecule has 0 aliphatic carbocycles. The van der Waals surface area contributed by atoms with Gasteiger partial charge < -0.3 is 14.8 Å². The number of hydrogen-bond donors (Lipinski definition) is 1. The van der Waals surface area contributed by atoms with Crippen LogP contribution >= 0.6 is 0 Å². The first-order valence-corrected chi connectivity index (χ1v) is 6.99. The number of methoxy groups -OCH3 is 2. The Balaban J connectivity index is 2.11. The van der Waals surface area contributed by atoms with E-state index in [9.17, 15) is 14.9 Å². The normalized spacial score (nSPS) is 10.4. The van der Waals surface area contributed by atoms with E-state index >= 15 is 0 Å². The highest BCUT2D eigenvalue weighted by Gasteiger charge is 2.07. The molecule has 0 spiro atoms. The molecular weight excluding hydrogens is 312 g/mol. The number of carbonyl (C=O) groups excluding carboxylic acids is 1. The van der Waals surface area contributed by atoms with Gasteiger partial charge in [0.15, 0.2) is 0 Å². The van der Waals surface area contributed by atoms with Crippen molar-refractivity contribution in [2.75, 3.05) is 19.5 Å². The number of benzene rings is 2. The summed E-state index contributed by atoms with van der Waals surface area (Å²) >= 11 is 0. The van der Waals surface area contributed by atoms with E-state index in [1.807, 2.05) is 0 Å². The lowest BCUT2D eigenvalue weighted by Crippen LogP contribution is -2.07. The van der Waals surface area contributed by atoms with Gasteiger partial charge in [-0.2, -0.15) is 0 Å². The van der Waals surface area contributed by atoms with E-state index in [1.165, 1.54) is 31.4 Å². The topological polar surface area (TPSA) is 90.7 Å². The number of nitrogens with one attached hydrogen (secondary N) is 1. The third-order valence-electron chi connectivity index (χ3n) is 3.18. The first-order chi connectivity index (χ1) is 11.5. The number of nitro benzene ring substituents is 1. The molecule has 2 aromatic carbocycles. The number of anilines is 1. The van der Waals surface area contributed by atoms with E-state index in [2.05, 4.69) is 5.32 Å². The van der Waals surface area contributed by atoms with Crippen LogP contribution in [0, 0.1) is 10.1 Å². The monoisotopic (exact) mass is 328 g/mol. The van der Waals surface area contributed by atoms with Crippen molar-refractivity contribution in [2.24, 2.45) is 0 Å². The Hall–Kier alpha value is -3.35. The van der Waals surface area contributed by atoms with Crippen LogP contribution in [0.2, 0.25) is 0 Å². The fourth-order valence-electron chi connectivity index (χ4n) is 2.00. The third-order valence-corrected chi connectivity index (χ3v) is 3.18. The van der Waals surface area contributed by atoms with Crippen molar-refractivity contribution >= 4 is 23.4 Å². The summed E-state index contributed by atoms with van der Waals surface area (Å²) in [6, 6.07) is 10.9. The first kappa shape index (κ1) is 17.0. The maximum absolute atomic E-state index is 12.0. The first-order valence-electron chi connectivity index (χ1n) is 6.99. The number of nitro groups is 1. The molecule has 1 N–H and O–H groups in total. The summed E-state index contributed by atoms with van der Waals surface area (Å²) in [5, 5.41) is 13.3. The SMILES string of the molecule is COc1ccc(/C=C/C(=O)Nc2cccc([N+](=O)[O-])c2)c(OC)c1. The van der Waals surface area contributed by atoms with Crippen molar-refractivity contribution in [3.63, 3.8) is 0 Å². The van der Waals surface area contributed by atoms with Gasteiger partial charge in [0.1, 0.15) is 11.5 Å². The Kier molecular flexibility index (Phi) is 5.51. The van der Waals surface area contributed by atoms with Crippen molar-refractivity contribution in [1.82, 2.24) is 0 Å². The van der Waals surface area contributed by atoms with Crippen LogP contribution in [0.1, 0.15) is 5.56 Å². The minimum absolute atomic E-state index is 0.0893. The van der Waals surface area contributed by atoms with Crippen molar-refractivity contribution in [3.8, 4) is 11.5 Å². The minimum Gasteiger partial charge on any atom is -0.497 e. The molecule has 0 heterocycles. The average molecular weight is 328 g/mol. The number of amides is 1. The second-order valence-electron chi connectivity index (χ2n) is 4.74. The summed E-state index contributed by atoms with van der Waals surface area (Å²) in [4.78, 5) is 22.2. The van der Waals surface area contributed by atoms with Crippen LogP contribution in [0.4, 0.5) is 11.4 Å². The minimum atomic E-state index is -0.520. The zero-order valence-electron chi connectivity index (χ0n) is 13.2. The summed E-state index contributed by atoms with van der Waals surface area (Å²) in [5.41, 5.74) is 0.960. The second kappa shape index (κ2) is 7.77. The van der Waals surface area contributed by atoms with Crippen molar-refractivity contribution in [2.45, 2.75) is 0 Å². The summed E-state index contributed by atoms with van der Waals surface area (Å²) in [5.74, 6) is 0.798. The number of ether oxygens (including phenoxy) is 2. The second-order valence-corrected chi connectivity index (χ2v) is 4.74. The van der Waals surface area contributed by atoms with Crippen LogP contribution in [0.15, 0.2) is 48.5 Å². The number of rotatable bonds is 6. The Morgan fingerprint density at radius 1 is 1.17 bits per heavy atom. The summed E-state index contributed by atoms with van der Waals surface area (Å²) < 4.78 is 10.4. The molecule has 0 atom stereocenters. The molecule has 0 unspecified atom stereocenters. The van der Waals surface area contributed by atoms with E-state index in [-0.39, 0.29) is 5.69 Å². The number of non-ortho nitro benzene ring substituents is 1. The van der Waals surface area contributed by atoms with Gasteiger partial charge in [0, 0.05) is 35.5 Å². The van der Waals surface area contributed by atoms with Crippen molar-refractivity contribution in [1.29, 1.82) is 0 Å². The molecule has 24 heavy (non-hydrogen) atoms. The zero-order chi connectivity index (χ0) is 17.5. The molecule has 0 saturated heterocycles. The maximum Gasteiger partial charge on any atom is 0.271 e. The van der Waals surface area contributed by atoms with Gasteiger partial charge in [-0.1, -0.05) is 6.07 Å². The quantitative estimate of drug-likeness (QED) is 0.499. The van der Waals surface area contributed by atoms with Crippen LogP contribution in [-0.2, 0) is 4.79 Å². The lowest BCUT2D eigenvalue weighted by molar-refractivity contribution is -0.384. The molecule has 7 nitrogen and oxygen atoms in total. The van der Waals surface area contributed by atoms with Crippen LogP contribution in [0.5, 0.6) is 11.5 Å². The molecule has 0 saturated carbocycles. The van der Waals surface area contributed by atoms with Gasteiger partial charge in [-0.15, -0.1) is 0 Å². The van der Waals surface area contributed by atoms with E-state index in [1.54, 1.807) is 37.5 Å². The number of hydrogen-bond acceptors (Lipinski definition) is 5. The largest absolute Gasteiger partial charge is 0.497 e. The summed E-state index contributed by atoms with van der Waals surface area (Å²) in [7, 11) is 3.08. The highest BCUT2D eigenvalue weighted by molar-refractivity contribution is 6.02. The number of carbonyl (C=O) groups is 1. The molecule has 1 amide bonds. The summed E-state index contributed by atoms with van der Waals surface area (Å²) in [6.45, 7) is 0. The van der Waals surface area contributed by atoms with E-state index in [4.69, 9.17) is 9.47 Å². The summed E-state index contributed by atoms with van der Waals surface area (Å²) in [6.07, 6.45) is 2.91. The Labute approximate surface area is 138 Å². The Morgan fingerprint density at radius 2 is 1.96 bits per heavy atom. The van der Waals surface area contributed by atoms with Crippen molar-refractivity contribution in [3.05, 3.63) is 64.2 Å². The highest BCUT2D eigenvalue weighted by atomic mass is 16.6. The lowest BCUT2D eigenvalue weighted by Gasteiger charge is -2.07. The van der Waals surface area contributed by atoms with Crippen LogP contribution in [-0.4, -0.2) is 25.1 Å². The van der Waals surface area contributed by atoms with Gasteiger partial charge in [0.2, 0.25) is 5.91 Å².